The predicted octanol–water partition coefficient (Wildman–Crippen LogP) is 4.49. The van der Waals surface area contributed by atoms with Crippen LogP contribution >= 0.6 is 0 Å². The lowest BCUT2D eigenvalue weighted by Gasteiger charge is -2.65. The summed E-state index contributed by atoms with van der Waals surface area (Å²) in [7, 11) is 0. The van der Waals surface area contributed by atoms with Gasteiger partial charge in [-0.25, -0.2) is 0 Å². The zero-order valence-corrected chi connectivity index (χ0v) is 16.1. The highest BCUT2D eigenvalue weighted by Gasteiger charge is 2.67. The summed E-state index contributed by atoms with van der Waals surface area (Å²) in [5.74, 6) is 1.50. The van der Waals surface area contributed by atoms with Crippen molar-refractivity contribution in [1.82, 2.24) is 0 Å². The van der Waals surface area contributed by atoms with Crippen LogP contribution in [0.25, 0.3) is 0 Å². The number of allylic oxidation sites excluding steroid dienone is 1. The average molecular weight is 347 g/mol. The molecule has 4 saturated carbocycles. The molecule has 7 atom stereocenters. The molecule has 0 aromatic heterocycles. The molecule has 2 bridgehead atoms. The lowest BCUT2D eigenvalue weighted by molar-refractivity contribution is -0.218. The molecule has 0 radical (unpaired) electrons. The van der Waals surface area contributed by atoms with Crippen LogP contribution < -0.4 is 0 Å². The van der Waals surface area contributed by atoms with Crippen molar-refractivity contribution in [2.24, 2.45) is 34.0 Å². The summed E-state index contributed by atoms with van der Waals surface area (Å²) >= 11 is 0. The van der Waals surface area contributed by atoms with Crippen molar-refractivity contribution in [3.05, 3.63) is 12.2 Å². The van der Waals surface area contributed by atoms with Crippen LogP contribution in [0.1, 0.15) is 72.1 Å². The van der Waals surface area contributed by atoms with E-state index in [2.05, 4.69) is 20.4 Å². The van der Waals surface area contributed by atoms with Crippen molar-refractivity contribution in [1.29, 1.82) is 0 Å². The maximum atomic E-state index is 11.9. The van der Waals surface area contributed by atoms with Gasteiger partial charge < -0.3 is 9.84 Å². The highest BCUT2D eigenvalue weighted by Crippen LogP contribution is 2.72. The number of aliphatic hydroxyl groups is 1. The Morgan fingerprint density at radius 3 is 2.72 bits per heavy atom. The van der Waals surface area contributed by atoms with Crippen LogP contribution in [0.3, 0.4) is 0 Å². The zero-order valence-electron chi connectivity index (χ0n) is 16.1. The summed E-state index contributed by atoms with van der Waals surface area (Å²) in [5.41, 5.74) is 1.70. The molecule has 0 unspecified atom stereocenters. The molecule has 0 saturated heterocycles. The molecule has 0 aromatic rings. The molecule has 0 heterocycles. The first kappa shape index (κ1) is 17.6. The lowest BCUT2D eigenvalue weighted by atomic mass is 9.40. The van der Waals surface area contributed by atoms with Gasteiger partial charge in [0.2, 0.25) is 0 Å². The van der Waals surface area contributed by atoms with Crippen molar-refractivity contribution in [3.63, 3.8) is 0 Å². The highest BCUT2D eigenvalue weighted by atomic mass is 16.5. The van der Waals surface area contributed by atoms with Gasteiger partial charge in [0.25, 0.3) is 0 Å². The van der Waals surface area contributed by atoms with Gasteiger partial charge in [0.05, 0.1) is 0 Å². The van der Waals surface area contributed by atoms with Gasteiger partial charge in [-0.1, -0.05) is 32.4 Å². The van der Waals surface area contributed by atoms with E-state index in [0.29, 0.717) is 17.8 Å². The molecule has 25 heavy (non-hydrogen) atoms. The van der Waals surface area contributed by atoms with Crippen LogP contribution in [-0.4, -0.2) is 23.8 Å². The molecular formula is C22H34O3. The number of esters is 1. The van der Waals surface area contributed by atoms with E-state index in [1.54, 1.807) is 6.92 Å². The zero-order chi connectivity index (χ0) is 18.0. The molecule has 140 valence electrons. The van der Waals surface area contributed by atoms with E-state index in [0.717, 1.165) is 25.7 Å². The van der Waals surface area contributed by atoms with Gasteiger partial charge in [0, 0.05) is 18.9 Å². The number of fused-ring (bicyclic) bond motifs is 3. The molecule has 0 aromatic carbocycles. The number of aliphatic hydroxyl groups excluding tert-OH is 1. The monoisotopic (exact) mass is 346 g/mol. The quantitative estimate of drug-likeness (QED) is 0.592. The van der Waals surface area contributed by atoms with Gasteiger partial charge in [-0.3, -0.25) is 4.79 Å². The van der Waals surface area contributed by atoms with E-state index in [9.17, 15) is 9.90 Å². The topological polar surface area (TPSA) is 46.5 Å². The minimum absolute atomic E-state index is 0.000833. The third-order valence-corrected chi connectivity index (χ3v) is 8.91. The van der Waals surface area contributed by atoms with Gasteiger partial charge in [0.1, 0.15) is 6.10 Å². The standard InChI is InChI=1S/C22H34O3/c1-14-11-22-12-16(14)6-7-17(22)21(4)9-5-8-20(3,13-23)18(21)10-19(22)25-15(2)24/h16-19,23H,1,5-13H2,2-4H3/t16-,17+,18+,19+,20-,21+,22+/m1/s1. The van der Waals surface area contributed by atoms with E-state index in [4.69, 9.17) is 4.74 Å². The van der Waals surface area contributed by atoms with Crippen molar-refractivity contribution in [2.75, 3.05) is 6.61 Å². The van der Waals surface area contributed by atoms with Crippen LogP contribution in [0, 0.1) is 34.0 Å². The van der Waals surface area contributed by atoms with Crippen molar-refractivity contribution < 1.29 is 14.6 Å². The normalized spacial score (nSPS) is 51.6. The van der Waals surface area contributed by atoms with Gasteiger partial charge in [0.15, 0.2) is 0 Å². The minimum atomic E-state index is -0.150. The minimum Gasteiger partial charge on any atom is -0.462 e. The fourth-order valence-corrected chi connectivity index (χ4v) is 7.92. The van der Waals surface area contributed by atoms with Crippen LogP contribution in [-0.2, 0) is 9.53 Å². The molecule has 3 heteroatoms. The Kier molecular flexibility index (Phi) is 3.92. The van der Waals surface area contributed by atoms with Crippen molar-refractivity contribution in [3.8, 4) is 0 Å². The van der Waals surface area contributed by atoms with E-state index >= 15 is 0 Å². The van der Waals surface area contributed by atoms with Gasteiger partial charge in [-0.2, -0.15) is 0 Å². The van der Waals surface area contributed by atoms with Crippen LogP contribution in [0.15, 0.2) is 12.2 Å². The first-order valence-electron chi connectivity index (χ1n) is 10.2. The van der Waals surface area contributed by atoms with E-state index in [1.165, 1.54) is 31.3 Å². The molecule has 4 aliphatic rings. The van der Waals surface area contributed by atoms with Gasteiger partial charge in [-0.05, 0) is 73.5 Å². The lowest BCUT2D eigenvalue weighted by Crippen LogP contribution is -2.62. The summed E-state index contributed by atoms with van der Waals surface area (Å²) in [4.78, 5) is 11.9. The maximum absolute atomic E-state index is 11.9. The number of hydrogen-bond donors (Lipinski definition) is 1. The maximum Gasteiger partial charge on any atom is 0.302 e. The number of rotatable bonds is 2. The Labute approximate surface area is 152 Å². The van der Waals surface area contributed by atoms with Crippen molar-refractivity contribution >= 4 is 5.97 Å². The summed E-state index contributed by atoms with van der Waals surface area (Å²) in [5, 5.41) is 10.2. The third kappa shape index (κ3) is 2.30. The molecule has 4 fully saturated rings. The second kappa shape index (κ2) is 5.58. The number of carbonyl (C=O) groups excluding carboxylic acids is 1. The number of hydrogen-bond acceptors (Lipinski definition) is 3. The molecule has 0 aliphatic heterocycles. The Morgan fingerprint density at radius 2 is 2.04 bits per heavy atom. The predicted molar refractivity (Wildman–Crippen MR) is 97.8 cm³/mol. The van der Waals surface area contributed by atoms with Crippen molar-refractivity contribution in [2.45, 2.75) is 78.2 Å². The molecule has 4 rings (SSSR count). The summed E-state index contributed by atoms with van der Waals surface area (Å²) in [6.07, 6.45) is 9.15. The fraction of sp³-hybridized carbons (Fsp3) is 0.864. The molecule has 4 aliphatic carbocycles. The first-order chi connectivity index (χ1) is 11.7. The smallest absolute Gasteiger partial charge is 0.302 e. The second-order valence-corrected chi connectivity index (χ2v) is 10.2. The molecule has 3 nitrogen and oxygen atoms in total. The van der Waals surface area contributed by atoms with E-state index < -0.39 is 0 Å². The van der Waals surface area contributed by atoms with Crippen LogP contribution in [0.2, 0.25) is 0 Å². The first-order valence-corrected chi connectivity index (χ1v) is 10.2. The SMILES string of the molecule is C=C1C[C@]23C[C@H]1CC[C@H]2[C@]1(C)CCC[C@](C)(CO)[C@@H]1C[C@@H]3OC(C)=O. The molecule has 0 amide bonds. The van der Waals surface area contributed by atoms with E-state index in [-0.39, 0.29) is 34.9 Å². The summed E-state index contributed by atoms with van der Waals surface area (Å²) in [6, 6.07) is 0. The molecular weight excluding hydrogens is 312 g/mol. The Hall–Kier alpha value is -0.830. The average Bonchev–Trinajstić information content (AvgIpc) is 2.79. The van der Waals surface area contributed by atoms with E-state index in [1.807, 2.05) is 0 Å². The highest BCUT2D eigenvalue weighted by molar-refractivity contribution is 5.66. The van der Waals surface area contributed by atoms with Gasteiger partial charge >= 0.3 is 5.97 Å². The number of ether oxygens (including phenoxy) is 1. The van der Waals surface area contributed by atoms with Crippen LogP contribution in [0.5, 0.6) is 0 Å². The fourth-order valence-electron chi connectivity index (χ4n) is 7.92. The summed E-state index contributed by atoms with van der Waals surface area (Å²) < 4.78 is 6.00. The Morgan fingerprint density at radius 1 is 1.28 bits per heavy atom. The van der Waals surface area contributed by atoms with Gasteiger partial charge in [-0.15, -0.1) is 0 Å². The molecule has 1 spiro atoms. The Bertz CT molecular complexity index is 598. The largest absolute Gasteiger partial charge is 0.462 e. The third-order valence-electron chi connectivity index (χ3n) is 8.91. The van der Waals surface area contributed by atoms with Crippen LogP contribution in [0.4, 0.5) is 0 Å². The summed E-state index contributed by atoms with van der Waals surface area (Å²) in [6.45, 7) is 10.9. The molecule has 1 N–H and O–H groups in total. The second-order valence-electron chi connectivity index (χ2n) is 10.2. The Balaban J connectivity index is 1.80. The number of carbonyl (C=O) groups is 1.